The van der Waals surface area contributed by atoms with Crippen molar-refractivity contribution in [3.8, 4) is 5.75 Å². The van der Waals surface area contributed by atoms with Gasteiger partial charge in [-0.2, -0.15) is 5.10 Å². The van der Waals surface area contributed by atoms with Crippen molar-refractivity contribution in [2.24, 2.45) is 5.92 Å². The maximum Gasteiger partial charge on any atom is 0.311 e. The highest BCUT2D eigenvalue weighted by atomic mass is 16.5. The summed E-state index contributed by atoms with van der Waals surface area (Å²) in [5.41, 5.74) is 0.888. The SMILES string of the molecule is O=C(CCC1CCC1)Oc1ccc2cn[nH]c2c1. The van der Waals surface area contributed by atoms with Crippen molar-refractivity contribution in [3.63, 3.8) is 0 Å². The quantitative estimate of drug-likeness (QED) is 0.664. The molecule has 1 saturated carbocycles. The van der Waals surface area contributed by atoms with Crippen LogP contribution in [0.4, 0.5) is 0 Å². The molecule has 1 N–H and O–H groups in total. The van der Waals surface area contributed by atoms with Gasteiger partial charge in [0, 0.05) is 17.9 Å². The molecular formula is C14H16N2O2. The second kappa shape index (κ2) is 4.80. The molecule has 0 saturated heterocycles. The number of rotatable bonds is 4. The number of nitrogens with zero attached hydrogens (tertiary/aromatic N) is 1. The highest BCUT2D eigenvalue weighted by Crippen LogP contribution is 2.30. The van der Waals surface area contributed by atoms with Crippen LogP contribution in [0.25, 0.3) is 10.9 Å². The lowest BCUT2D eigenvalue weighted by Gasteiger charge is -2.24. The molecule has 0 amide bonds. The molecule has 4 heteroatoms. The van der Waals surface area contributed by atoms with Crippen LogP contribution in [-0.2, 0) is 4.79 Å². The van der Waals surface area contributed by atoms with Crippen molar-refractivity contribution in [3.05, 3.63) is 24.4 Å². The molecule has 2 aromatic rings. The maximum atomic E-state index is 11.7. The number of benzene rings is 1. The van der Waals surface area contributed by atoms with Gasteiger partial charge in [0.15, 0.2) is 0 Å². The average Bonchev–Trinajstić information content (AvgIpc) is 2.74. The molecule has 4 nitrogen and oxygen atoms in total. The van der Waals surface area contributed by atoms with Crippen molar-refractivity contribution < 1.29 is 9.53 Å². The Bertz CT molecular complexity index is 558. The summed E-state index contributed by atoms with van der Waals surface area (Å²) >= 11 is 0. The summed E-state index contributed by atoms with van der Waals surface area (Å²) in [7, 11) is 0. The van der Waals surface area contributed by atoms with Crippen LogP contribution in [0.3, 0.4) is 0 Å². The van der Waals surface area contributed by atoms with Gasteiger partial charge in [0.1, 0.15) is 5.75 Å². The third-order valence-electron chi connectivity index (χ3n) is 3.63. The number of esters is 1. The van der Waals surface area contributed by atoms with E-state index in [-0.39, 0.29) is 5.97 Å². The van der Waals surface area contributed by atoms with Gasteiger partial charge in [0.25, 0.3) is 0 Å². The van der Waals surface area contributed by atoms with E-state index in [1.165, 1.54) is 19.3 Å². The van der Waals surface area contributed by atoms with Crippen LogP contribution in [0.5, 0.6) is 5.75 Å². The lowest BCUT2D eigenvalue weighted by Crippen LogP contribution is -2.15. The van der Waals surface area contributed by atoms with E-state index in [2.05, 4.69) is 10.2 Å². The number of carbonyl (C=O) groups is 1. The minimum Gasteiger partial charge on any atom is -0.426 e. The number of H-pyrrole nitrogens is 1. The first-order chi connectivity index (χ1) is 8.81. The smallest absolute Gasteiger partial charge is 0.311 e. The molecule has 3 rings (SSSR count). The van der Waals surface area contributed by atoms with E-state index in [1.807, 2.05) is 12.1 Å². The lowest BCUT2D eigenvalue weighted by atomic mass is 9.82. The fourth-order valence-corrected chi connectivity index (χ4v) is 2.27. The van der Waals surface area contributed by atoms with Gasteiger partial charge in [-0.25, -0.2) is 0 Å². The first-order valence-electron chi connectivity index (χ1n) is 6.45. The van der Waals surface area contributed by atoms with Gasteiger partial charge in [0.05, 0.1) is 11.7 Å². The molecule has 1 aromatic heterocycles. The first-order valence-corrected chi connectivity index (χ1v) is 6.45. The van der Waals surface area contributed by atoms with Crippen molar-refractivity contribution in [2.45, 2.75) is 32.1 Å². The number of aromatic nitrogens is 2. The Morgan fingerprint density at radius 3 is 3.11 bits per heavy atom. The monoisotopic (exact) mass is 244 g/mol. The Balaban J connectivity index is 1.58. The molecule has 1 aliphatic carbocycles. The number of hydrogen-bond donors (Lipinski definition) is 1. The molecule has 0 atom stereocenters. The van der Waals surface area contributed by atoms with Crippen LogP contribution in [0.15, 0.2) is 24.4 Å². The van der Waals surface area contributed by atoms with Gasteiger partial charge >= 0.3 is 5.97 Å². The normalized spacial score (nSPS) is 15.6. The van der Waals surface area contributed by atoms with Crippen LogP contribution in [-0.4, -0.2) is 16.2 Å². The Morgan fingerprint density at radius 1 is 1.44 bits per heavy atom. The fraction of sp³-hybridized carbons (Fsp3) is 0.429. The Kier molecular flexibility index (Phi) is 3.00. The van der Waals surface area contributed by atoms with Gasteiger partial charge < -0.3 is 4.74 Å². The highest BCUT2D eigenvalue weighted by Gasteiger charge is 2.18. The molecule has 0 radical (unpaired) electrons. The number of fused-ring (bicyclic) bond motifs is 1. The molecule has 0 aliphatic heterocycles. The summed E-state index contributed by atoms with van der Waals surface area (Å²) in [5.74, 6) is 1.19. The number of aromatic amines is 1. The second-order valence-electron chi connectivity index (χ2n) is 4.93. The van der Waals surface area contributed by atoms with E-state index in [0.29, 0.717) is 12.2 Å². The molecule has 0 bridgehead atoms. The van der Waals surface area contributed by atoms with Gasteiger partial charge in [-0.05, 0) is 24.5 Å². The molecule has 0 spiro atoms. The van der Waals surface area contributed by atoms with E-state index in [1.54, 1.807) is 12.3 Å². The summed E-state index contributed by atoms with van der Waals surface area (Å²) in [4.78, 5) is 11.7. The summed E-state index contributed by atoms with van der Waals surface area (Å²) < 4.78 is 5.32. The predicted octanol–water partition coefficient (Wildman–Crippen LogP) is 3.05. The summed E-state index contributed by atoms with van der Waals surface area (Å²) in [6, 6.07) is 5.51. The number of nitrogens with one attached hydrogen (secondary N) is 1. The summed E-state index contributed by atoms with van der Waals surface area (Å²) in [6.45, 7) is 0. The van der Waals surface area contributed by atoms with Crippen LogP contribution < -0.4 is 4.74 Å². The topological polar surface area (TPSA) is 55.0 Å². The van der Waals surface area contributed by atoms with Crippen molar-refractivity contribution in [1.82, 2.24) is 10.2 Å². The second-order valence-corrected chi connectivity index (χ2v) is 4.93. The number of hydrogen-bond acceptors (Lipinski definition) is 3. The van der Waals surface area contributed by atoms with Gasteiger partial charge in [-0.15, -0.1) is 0 Å². The van der Waals surface area contributed by atoms with Crippen LogP contribution >= 0.6 is 0 Å². The van der Waals surface area contributed by atoms with Gasteiger partial charge in [-0.1, -0.05) is 19.3 Å². The van der Waals surface area contributed by atoms with Crippen molar-refractivity contribution in [2.75, 3.05) is 0 Å². The van der Waals surface area contributed by atoms with E-state index in [9.17, 15) is 4.79 Å². The number of ether oxygens (including phenoxy) is 1. The molecule has 1 heterocycles. The third-order valence-corrected chi connectivity index (χ3v) is 3.63. The zero-order chi connectivity index (χ0) is 12.4. The standard InChI is InChI=1S/C14H16N2O2/c17-14(7-4-10-2-1-3-10)18-12-6-5-11-9-15-16-13(11)8-12/h5-6,8-10H,1-4,7H2,(H,15,16). The predicted molar refractivity (Wildman–Crippen MR) is 68.3 cm³/mol. The van der Waals surface area contributed by atoms with Gasteiger partial charge in [-0.3, -0.25) is 9.89 Å². The number of carbonyl (C=O) groups excluding carboxylic acids is 1. The van der Waals surface area contributed by atoms with E-state index in [0.717, 1.165) is 23.2 Å². The zero-order valence-electron chi connectivity index (χ0n) is 10.2. The van der Waals surface area contributed by atoms with Crippen LogP contribution in [0.2, 0.25) is 0 Å². The minimum absolute atomic E-state index is 0.138. The van der Waals surface area contributed by atoms with E-state index in [4.69, 9.17) is 4.74 Å². The fourth-order valence-electron chi connectivity index (χ4n) is 2.27. The minimum atomic E-state index is -0.138. The molecule has 0 unspecified atom stereocenters. The maximum absolute atomic E-state index is 11.7. The zero-order valence-corrected chi connectivity index (χ0v) is 10.2. The van der Waals surface area contributed by atoms with E-state index >= 15 is 0 Å². The molecule has 1 aliphatic rings. The molecule has 1 fully saturated rings. The lowest BCUT2D eigenvalue weighted by molar-refractivity contribution is -0.134. The van der Waals surface area contributed by atoms with Crippen molar-refractivity contribution in [1.29, 1.82) is 0 Å². The molecule has 94 valence electrons. The largest absolute Gasteiger partial charge is 0.426 e. The van der Waals surface area contributed by atoms with Gasteiger partial charge in [0.2, 0.25) is 0 Å². The Morgan fingerprint density at radius 2 is 2.33 bits per heavy atom. The van der Waals surface area contributed by atoms with E-state index < -0.39 is 0 Å². The highest BCUT2D eigenvalue weighted by molar-refractivity contribution is 5.80. The first kappa shape index (κ1) is 11.3. The average molecular weight is 244 g/mol. The Hall–Kier alpha value is -1.84. The summed E-state index contributed by atoms with van der Waals surface area (Å²) in [6.07, 6.45) is 7.09. The van der Waals surface area contributed by atoms with Crippen molar-refractivity contribution >= 4 is 16.9 Å². The van der Waals surface area contributed by atoms with Crippen LogP contribution in [0.1, 0.15) is 32.1 Å². The molecular weight excluding hydrogens is 228 g/mol. The van der Waals surface area contributed by atoms with Crippen LogP contribution in [0, 0.1) is 5.92 Å². The Labute approximate surface area is 105 Å². The molecule has 18 heavy (non-hydrogen) atoms. The molecule has 1 aromatic carbocycles. The third kappa shape index (κ3) is 2.37. The summed E-state index contributed by atoms with van der Waals surface area (Å²) in [5, 5.41) is 7.81.